The zero-order valence-electron chi connectivity index (χ0n) is 14.3. The summed E-state index contributed by atoms with van der Waals surface area (Å²) in [4.78, 5) is 8.41. The Balaban J connectivity index is 1.96. The van der Waals surface area contributed by atoms with Gasteiger partial charge in [0.2, 0.25) is 0 Å². The molecule has 1 aromatic heterocycles. The molecule has 0 unspecified atom stereocenters. The molecule has 0 spiro atoms. The Morgan fingerprint density at radius 3 is 2.58 bits per heavy atom. The molecule has 130 valence electrons. The van der Waals surface area contributed by atoms with Gasteiger partial charge in [0, 0.05) is 26.1 Å². The highest BCUT2D eigenvalue weighted by atomic mass is 35.5. The summed E-state index contributed by atoms with van der Waals surface area (Å²) in [6, 6.07) is 5.72. The first-order chi connectivity index (χ1) is 11.3. The fraction of sp³-hybridized carbons (Fsp3) is 0.438. The van der Waals surface area contributed by atoms with Gasteiger partial charge in [-0.2, -0.15) is 5.10 Å². The summed E-state index contributed by atoms with van der Waals surface area (Å²) in [7, 11) is 3.59. The predicted octanol–water partition coefficient (Wildman–Crippen LogP) is 2.76. The minimum atomic E-state index is -0.142. The van der Waals surface area contributed by atoms with Gasteiger partial charge in [-0.25, -0.2) is 4.98 Å². The number of guanidine groups is 1. The van der Waals surface area contributed by atoms with Crippen LogP contribution in [0.1, 0.15) is 25.2 Å². The third kappa shape index (κ3) is 4.61. The van der Waals surface area contributed by atoms with E-state index < -0.39 is 0 Å². The van der Waals surface area contributed by atoms with Gasteiger partial charge in [0.15, 0.2) is 5.96 Å². The van der Waals surface area contributed by atoms with Crippen molar-refractivity contribution in [2.75, 3.05) is 13.6 Å². The number of rotatable bonds is 5. The van der Waals surface area contributed by atoms with Crippen LogP contribution in [0.4, 0.5) is 0 Å². The standard InChI is InChI=1S/C16H22Cl2N6/c1-16(2,11-5-6-12(17)13(18)7-11)9-21-15(19-3)20-8-14-22-10-23-24(14)4/h5-7,10H,8-9H2,1-4H3,(H2,19,20,21). The molecule has 0 saturated heterocycles. The van der Waals surface area contributed by atoms with Crippen molar-refractivity contribution < 1.29 is 0 Å². The molecule has 0 amide bonds. The van der Waals surface area contributed by atoms with Gasteiger partial charge in [-0.3, -0.25) is 9.67 Å². The number of benzene rings is 1. The van der Waals surface area contributed by atoms with E-state index in [4.69, 9.17) is 23.2 Å². The van der Waals surface area contributed by atoms with Crippen LogP contribution in [0.15, 0.2) is 29.5 Å². The van der Waals surface area contributed by atoms with Crippen LogP contribution in [0, 0.1) is 0 Å². The molecule has 0 saturated carbocycles. The Bertz CT molecular complexity index is 723. The summed E-state index contributed by atoms with van der Waals surface area (Å²) in [5.74, 6) is 1.54. The summed E-state index contributed by atoms with van der Waals surface area (Å²) in [6.45, 7) is 5.50. The van der Waals surface area contributed by atoms with Gasteiger partial charge in [0.05, 0.1) is 16.6 Å². The monoisotopic (exact) mass is 368 g/mol. The van der Waals surface area contributed by atoms with Crippen molar-refractivity contribution in [3.63, 3.8) is 0 Å². The Labute approximate surface area is 152 Å². The first-order valence-electron chi connectivity index (χ1n) is 7.56. The number of aryl methyl sites for hydroxylation is 1. The van der Waals surface area contributed by atoms with Gasteiger partial charge >= 0.3 is 0 Å². The van der Waals surface area contributed by atoms with Crippen LogP contribution in [0.3, 0.4) is 0 Å². The van der Waals surface area contributed by atoms with Crippen molar-refractivity contribution in [3.8, 4) is 0 Å². The summed E-state index contributed by atoms with van der Waals surface area (Å²) >= 11 is 12.1. The highest BCUT2D eigenvalue weighted by Crippen LogP contribution is 2.29. The van der Waals surface area contributed by atoms with Gasteiger partial charge in [-0.1, -0.05) is 43.1 Å². The van der Waals surface area contributed by atoms with Crippen molar-refractivity contribution in [2.24, 2.45) is 12.0 Å². The largest absolute Gasteiger partial charge is 0.356 e. The minimum Gasteiger partial charge on any atom is -0.356 e. The van der Waals surface area contributed by atoms with Gasteiger partial charge in [-0.15, -0.1) is 0 Å². The lowest BCUT2D eigenvalue weighted by Crippen LogP contribution is -2.43. The van der Waals surface area contributed by atoms with Crippen molar-refractivity contribution in [1.29, 1.82) is 0 Å². The first kappa shape index (κ1) is 18.5. The van der Waals surface area contributed by atoms with Crippen LogP contribution in [0.5, 0.6) is 0 Å². The van der Waals surface area contributed by atoms with Crippen LogP contribution in [0.25, 0.3) is 0 Å². The summed E-state index contributed by atoms with van der Waals surface area (Å²) in [5.41, 5.74) is 0.963. The predicted molar refractivity (Wildman–Crippen MR) is 98.7 cm³/mol. The lowest BCUT2D eigenvalue weighted by molar-refractivity contribution is 0.508. The molecule has 0 bridgehead atoms. The Hall–Kier alpha value is -1.79. The molecule has 2 aromatic rings. The molecule has 2 N–H and O–H groups in total. The molecule has 0 aliphatic heterocycles. The fourth-order valence-electron chi connectivity index (χ4n) is 2.19. The van der Waals surface area contributed by atoms with Crippen molar-refractivity contribution in [1.82, 2.24) is 25.4 Å². The third-order valence-electron chi connectivity index (χ3n) is 3.84. The molecular weight excluding hydrogens is 347 g/mol. The molecule has 2 rings (SSSR count). The Morgan fingerprint density at radius 1 is 1.25 bits per heavy atom. The van der Waals surface area contributed by atoms with Crippen LogP contribution in [-0.4, -0.2) is 34.3 Å². The second-order valence-electron chi connectivity index (χ2n) is 6.09. The van der Waals surface area contributed by atoms with E-state index in [1.54, 1.807) is 11.7 Å². The first-order valence-corrected chi connectivity index (χ1v) is 8.32. The number of hydrogen-bond donors (Lipinski definition) is 2. The Morgan fingerprint density at radius 2 is 2.00 bits per heavy atom. The van der Waals surface area contributed by atoms with E-state index in [1.807, 2.05) is 25.2 Å². The molecule has 0 aliphatic carbocycles. The molecule has 0 atom stereocenters. The highest BCUT2D eigenvalue weighted by molar-refractivity contribution is 6.42. The van der Waals surface area contributed by atoms with E-state index in [0.29, 0.717) is 29.1 Å². The van der Waals surface area contributed by atoms with Gasteiger partial charge in [-0.05, 0) is 17.7 Å². The van der Waals surface area contributed by atoms with E-state index >= 15 is 0 Å². The third-order valence-corrected chi connectivity index (χ3v) is 4.58. The molecule has 0 radical (unpaired) electrons. The van der Waals surface area contributed by atoms with Gasteiger partial charge in [0.1, 0.15) is 12.2 Å². The second kappa shape index (κ2) is 7.85. The van der Waals surface area contributed by atoms with E-state index in [2.05, 4.69) is 39.6 Å². The van der Waals surface area contributed by atoms with Crippen LogP contribution in [-0.2, 0) is 19.0 Å². The number of aromatic nitrogens is 3. The number of hydrogen-bond acceptors (Lipinski definition) is 3. The molecule has 8 heteroatoms. The zero-order chi connectivity index (χ0) is 17.7. The molecular formula is C16H22Cl2N6. The maximum atomic E-state index is 6.13. The molecule has 1 aromatic carbocycles. The number of aliphatic imine (C=N–C) groups is 1. The zero-order valence-corrected chi connectivity index (χ0v) is 15.8. The number of halogens is 2. The summed E-state index contributed by atoms with van der Waals surface area (Å²) in [6.07, 6.45) is 1.53. The topological polar surface area (TPSA) is 67.1 Å². The van der Waals surface area contributed by atoms with E-state index in [1.165, 1.54) is 6.33 Å². The maximum Gasteiger partial charge on any atom is 0.191 e. The van der Waals surface area contributed by atoms with Crippen LogP contribution in [0.2, 0.25) is 10.0 Å². The number of nitrogens with one attached hydrogen (secondary N) is 2. The smallest absolute Gasteiger partial charge is 0.191 e. The minimum absolute atomic E-state index is 0.142. The highest BCUT2D eigenvalue weighted by Gasteiger charge is 2.22. The molecule has 1 heterocycles. The van der Waals surface area contributed by atoms with Gasteiger partial charge in [0.25, 0.3) is 0 Å². The van der Waals surface area contributed by atoms with E-state index in [0.717, 1.165) is 11.4 Å². The SMILES string of the molecule is CN=C(NCc1ncnn1C)NCC(C)(C)c1ccc(Cl)c(Cl)c1. The summed E-state index contributed by atoms with van der Waals surface area (Å²) < 4.78 is 1.72. The van der Waals surface area contributed by atoms with E-state index in [-0.39, 0.29) is 5.41 Å². The summed E-state index contributed by atoms with van der Waals surface area (Å²) in [5, 5.41) is 11.7. The lowest BCUT2D eigenvalue weighted by atomic mass is 9.84. The van der Waals surface area contributed by atoms with Crippen molar-refractivity contribution >= 4 is 29.2 Å². The molecule has 24 heavy (non-hydrogen) atoms. The molecule has 0 fully saturated rings. The van der Waals surface area contributed by atoms with Crippen molar-refractivity contribution in [2.45, 2.75) is 25.8 Å². The lowest BCUT2D eigenvalue weighted by Gasteiger charge is -2.27. The number of nitrogens with zero attached hydrogens (tertiary/aromatic N) is 4. The maximum absolute atomic E-state index is 6.13. The second-order valence-corrected chi connectivity index (χ2v) is 6.91. The van der Waals surface area contributed by atoms with Crippen LogP contribution < -0.4 is 10.6 Å². The van der Waals surface area contributed by atoms with E-state index in [9.17, 15) is 0 Å². The quantitative estimate of drug-likeness (QED) is 0.628. The molecule has 0 aliphatic rings. The molecule has 6 nitrogen and oxygen atoms in total. The van der Waals surface area contributed by atoms with Gasteiger partial charge < -0.3 is 10.6 Å². The fourth-order valence-corrected chi connectivity index (χ4v) is 2.49. The van der Waals surface area contributed by atoms with Crippen LogP contribution >= 0.6 is 23.2 Å². The van der Waals surface area contributed by atoms with Crippen molar-refractivity contribution in [3.05, 3.63) is 46.0 Å². The average Bonchev–Trinajstić information content (AvgIpc) is 2.95. The normalized spacial score (nSPS) is 12.3. The Kier molecular flexibility index (Phi) is 6.07. The average molecular weight is 369 g/mol.